The number of nitrogens with zero attached hydrogens (tertiary/aromatic N) is 2. The van der Waals surface area contributed by atoms with Crippen molar-refractivity contribution in [2.24, 2.45) is 4.99 Å². The molecule has 0 bridgehead atoms. The zero-order valence-corrected chi connectivity index (χ0v) is 19.6. The molecule has 180 valence electrons. The summed E-state index contributed by atoms with van der Waals surface area (Å²) in [5.41, 5.74) is 2.26. The van der Waals surface area contributed by atoms with E-state index in [1.54, 1.807) is 24.3 Å². The van der Waals surface area contributed by atoms with Gasteiger partial charge in [-0.25, -0.2) is 8.42 Å². The number of aliphatic imine (C=N–C) groups is 1. The van der Waals surface area contributed by atoms with Gasteiger partial charge in [0.2, 0.25) is 5.91 Å². The molecule has 3 heterocycles. The molecule has 0 aliphatic carbocycles. The number of rotatable bonds is 5. The van der Waals surface area contributed by atoms with E-state index in [-0.39, 0.29) is 23.1 Å². The first-order chi connectivity index (χ1) is 16.9. The van der Waals surface area contributed by atoms with E-state index in [2.05, 4.69) is 15.0 Å². The molecule has 5 rings (SSSR count). The van der Waals surface area contributed by atoms with Gasteiger partial charge in [0, 0.05) is 31.6 Å². The highest BCUT2D eigenvalue weighted by Crippen LogP contribution is 2.26. The molecule has 35 heavy (non-hydrogen) atoms. The Morgan fingerprint density at radius 3 is 2.60 bits per heavy atom. The number of carbonyl (C=O) groups is 2. The number of anilines is 1. The minimum Gasteiger partial charge on any atom is -0.459 e. The fourth-order valence-corrected chi connectivity index (χ4v) is 5.45. The van der Waals surface area contributed by atoms with Crippen molar-refractivity contribution >= 4 is 33.4 Å². The SMILES string of the molecule is O=C(Nc1cccc(S(=O)(=O)NC2=NCCC2)c1)C1Cc2ccccc2CN1C(=O)c1ccco1. The minimum atomic E-state index is -3.83. The number of carbonyl (C=O) groups excluding carboxylic acids is 2. The first kappa shape index (κ1) is 22.9. The normalized spacial score (nSPS) is 17.4. The van der Waals surface area contributed by atoms with Crippen LogP contribution in [-0.4, -0.2) is 43.6 Å². The zero-order chi connectivity index (χ0) is 24.4. The second-order valence-electron chi connectivity index (χ2n) is 8.45. The van der Waals surface area contributed by atoms with Gasteiger partial charge in [-0.05, 0) is 47.9 Å². The van der Waals surface area contributed by atoms with Gasteiger partial charge in [0.05, 0.1) is 11.2 Å². The van der Waals surface area contributed by atoms with Crippen LogP contribution in [0.1, 0.15) is 34.5 Å². The highest BCUT2D eigenvalue weighted by atomic mass is 32.2. The van der Waals surface area contributed by atoms with Crippen LogP contribution < -0.4 is 10.0 Å². The van der Waals surface area contributed by atoms with Gasteiger partial charge >= 0.3 is 0 Å². The molecule has 1 unspecified atom stereocenters. The molecule has 2 aliphatic heterocycles. The van der Waals surface area contributed by atoms with Crippen LogP contribution in [0, 0.1) is 0 Å². The molecule has 0 saturated carbocycles. The predicted octanol–water partition coefficient (Wildman–Crippen LogP) is 2.96. The van der Waals surface area contributed by atoms with E-state index in [0.29, 0.717) is 30.9 Å². The number of nitrogens with one attached hydrogen (secondary N) is 2. The number of amides is 2. The molecule has 0 fully saturated rings. The van der Waals surface area contributed by atoms with E-state index in [1.165, 1.54) is 23.3 Å². The lowest BCUT2D eigenvalue weighted by Crippen LogP contribution is -2.50. The van der Waals surface area contributed by atoms with E-state index in [4.69, 9.17) is 4.42 Å². The van der Waals surface area contributed by atoms with Crippen LogP contribution in [0.5, 0.6) is 0 Å². The quantitative estimate of drug-likeness (QED) is 0.567. The maximum Gasteiger partial charge on any atom is 0.290 e. The van der Waals surface area contributed by atoms with Crippen molar-refractivity contribution in [1.82, 2.24) is 9.62 Å². The summed E-state index contributed by atoms with van der Waals surface area (Å²) < 4.78 is 33.3. The number of fused-ring (bicyclic) bond motifs is 1. The summed E-state index contributed by atoms with van der Waals surface area (Å²) in [5, 5.41) is 2.79. The first-order valence-corrected chi connectivity index (χ1v) is 12.8. The number of sulfonamides is 1. The second-order valence-corrected chi connectivity index (χ2v) is 10.1. The number of benzene rings is 2. The number of furan rings is 1. The average Bonchev–Trinajstić information content (AvgIpc) is 3.57. The second kappa shape index (κ2) is 9.38. The van der Waals surface area contributed by atoms with Gasteiger partial charge in [0.1, 0.15) is 11.9 Å². The van der Waals surface area contributed by atoms with Gasteiger partial charge in [-0.1, -0.05) is 30.3 Å². The minimum absolute atomic E-state index is 0.0161. The Labute approximate surface area is 202 Å². The van der Waals surface area contributed by atoms with Crippen LogP contribution >= 0.6 is 0 Å². The van der Waals surface area contributed by atoms with E-state index in [9.17, 15) is 18.0 Å². The highest BCUT2D eigenvalue weighted by molar-refractivity contribution is 7.90. The highest BCUT2D eigenvalue weighted by Gasteiger charge is 2.36. The summed E-state index contributed by atoms with van der Waals surface area (Å²) in [6, 6.07) is 16.1. The van der Waals surface area contributed by atoms with Crippen LogP contribution in [0.4, 0.5) is 5.69 Å². The third kappa shape index (κ3) is 4.83. The summed E-state index contributed by atoms with van der Waals surface area (Å²) in [5.74, 6) is -0.215. The zero-order valence-electron chi connectivity index (χ0n) is 18.8. The van der Waals surface area contributed by atoms with Crippen molar-refractivity contribution in [3.05, 3.63) is 83.8 Å². The molecule has 2 amide bonds. The molecule has 0 saturated heterocycles. The third-order valence-electron chi connectivity index (χ3n) is 6.08. The fraction of sp³-hybridized carbons (Fsp3) is 0.240. The standard InChI is InChI=1S/C25H24N4O5S/c30-24(27-19-8-3-9-20(15-19)35(32,33)28-23-11-4-12-26-23)21-14-17-6-1-2-7-18(17)16-29(21)25(31)22-10-5-13-34-22/h1-3,5-10,13,15,21H,4,11-12,14,16H2,(H,26,28)(H,27,30). The molecule has 10 heteroatoms. The van der Waals surface area contributed by atoms with Crippen LogP contribution in [0.15, 0.2) is 81.2 Å². The van der Waals surface area contributed by atoms with Crippen molar-refractivity contribution in [1.29, 1.82) is 0 Å². The summed E-state index contributed by atoms with van der Waals surface area (Å²) >= 11 is 0. The molecule has 0 radical (unpaired) electrons. The Balaban J connectivity index is 1.38. The van der Waals surface area contributed by atoms with Gasteiger partial charge in [0.25, 0.3) is 15.9 Å². The van der Waals surface area contributed by atoms with E-state index in [0.717, 1.165) is 17.5 Å². The van der Waals surface area contributed by atoms with Gasteiger partial charge in [0.15, 0.2) is 5.76 Å². The maximum atomic E-state index is 13.4. The van der Waals surface area contributed by atoms with Crippen LogP contribution in [-0.2, 0) is 27.8 Å². The summed E-state index contributed by atoms with van der Waals surface area (Å²) in [7, 11) is -3.83. The topological polar surface area (TPSA) is 121 Å². The van der Waals surface area contributed by atoms with Crippen molar-refractivity contribution < 1.29 is 22.4 Å². The summed E-state index contributed by atoms with van der Waals surface area (Å²) in [6.07, 6.45) is 3.13. The molecule has 1 atom stereocenters. The largest absolute Gasteiger partial charge is 0.459 e. The Kier molecular flexibility index (Phi) is 6.12. The van der Waals surface area contributed by atoms with E-state index < -0.39 is 22.0 Å². The maximum absolute atomic E-state index is 13.4. The van der Waals surface area contributed by atoms with Crippen LogP contribution in [0.2, 0.25) is 0 Å². The lowest BCUT2D eigenvalue weighted by molar-refractivity contribution is -0.121. The Morgan fingerprint density at radius 1 is 1.03 bits per heavy atom. The summed E-state index contributed by atoms with van der Waals surface area (Å²) in [6.45, 7) is 0.861. The predicted molar refractivity (Wildman–Crippen MR) is 129 cm³/mol. The van der Waals surface area contributed by atoms with E-state index >= 15 is 0 Å². The smallest absolute Gasteiger partial charge is 0.290 e. The number of hydrogen-bond acceptors (Lipinski definition) is 6. The van der Waals surface area contributed by atoms with Gasteiger partial charge in [-0.2, -0.15) is 0 Å². The van der Waals surface area contributed by atoms with Crippen molar-refractivity contribution in [3.8, 4) is 0 Å². The molecular formula is C25H24N4O5S. The van der Waals surface area contributed by atoms with Gasteiger partial charge < -0.3 is 14.6 Å². The molecule has 2 aromatic carbocycles. The molecule has 9 nitrogen and oxygen atoms in total. The van der Waals surface area contributed by atoms with E-state index in [1.807, 2.05) is 24.3 Å². The van der Waals surface area contributed by atoms with Crippen molar-refractivity contribution in [3.63, 3.8) is 0 Å². The number of hydrogen-bond donors (Lipinski definition) is 2. The third-order valence-corrected chi connectivity index (χ3v) is 7.46. The van der Waals surface area contributed by atoms with Gasteiger partial charge in [-0.15, -0.1) is 0 Å². The molecular weight excluding hydrogens is 468 g/mol. The van der Waals surface area contributed by atoms with Crippen LogP contribution in [0.3, 0.4) is 0 Å². The molecule has 3 aromatic rings. The molecule has 1 aromatic heterocycles. The lowest BCUT2D eigenvalue weighted by Gasteiger charge is -2.35. The lowest BCUT2D eigenvalue weighted by atomic mass is 9.93. The Morgan fingerprint density at radius 2 is 1.86 bits per heavy atom. The Hall–Kier alpha value is -3.92. The van der Waals surface area contributed by atoms with Crippen molar-refractivity contribution in [2.45, 2.75) is 36.7 Å². The van der Waals surface area contributed by atoms with Crippen LogP contribution in [0.25, 0.3) is 0 Å². The molecule has 0 spiro atoms. The Bertz CT molecular complexity index is 1400. The fourth-order valence-electron chi connectivity index (χ4n) is 4.32. The molecule has 2 N–H and O–H groups in total. The molecule has 2 aliphatic rings. The monoisotopic (exact) mass is 492 g/mol. The summed E-state index contributed by atoms with van der Waals surface area (Å²) in [4.78, 5) is 32.2. The first-order valence-electron chi connectivity index (χ1n) is 11.3. The average molecular weight is 493 g/mol. The van der Waals surface area contributed by atoms with Gasteiger partial charge in [-0.3, -0.25) is 19.3 Å². The van der Waals surface area contributed by atoms with Crippen molar-refractivity contribution in [2.75, 3.05) is 11.9 Å². The number of amidine groups is 1.